The normalized spacial score (nSPS) is 17.5. The molecule has 1 atom stereocenters. The molecule has 1 heterocycles. The number of hydrogen-bond acceptors (Lipinski definition) is 4. The summed E-state index contributed by atoms with van der Waals surface area (Å²) >= 11 is 0. The van der Waals surface area contributed by atoms with Gasteiger partial charge in [0.1, 0.15) is 11.5 Å². The average Bonchev–Trinajstić information content (AvgIpc) is 3.09. The topological polar surface area (TPSA) is 66.8 Å². The van der Waals surface area contributed by atoms with Crippen molar-refractivity contribution >= 4 is 17.4 Å². The summed E-state index contributed by atoms with van der Waals surface area (Å²) in [5.74, 6) is -0.798. The van der Waals surface area contributed by atoms with Gasteiger partial charge in [0.05, 0.1) is 18.2 Å². The zero-order chi connectivity index (χ0) is 22.5. The van der Waals surface area contributed by atoms with Crippen molar-refractivity contribution in [2.75, 3.05) is 6.61 Å². The van der Waals surface area contributed by atoms with Gasteiger partial charge in [-0.3, -0.25) is 9.59 Å². The maximum Gasteiger partial charge on any atom is 0.295 e. The van der Waals surface area contributed by atoms with Crippen LogP contribution in [0, 0.1) is 0 Å². The number of aliphatic hydroxyl groups excluding tert-OH is 1. The van der Waals surface area contributed by atoms with Gasteiger partial charge in [0.15, 0.2) is 0 Å². The highest BCUT2D eigenvalue weighted by Gasteiger charge is 2.45. The first-order valence-corrected chi connectivity index (χ1v) is 10.7. The van der Waals surface area contributed by atoms with Gasteiger partial charge >= 0.3 is 0 Å². The summed E-state index contributed by atoms with van der Waals surface area (Å²) < 4.78 is 5.60. The number of amides is 1. The Balaban J connectivity index is 1.76. The van der Waals surface area contributed by atoms with Gasteiger partial charge in [-0.15, -0.1) is 0 Å². The molecule has 162 valence electrons. The molecule has 0 bridgehead atoms. The number of nitrogens with zero attached hydrogens (tertiary/aromatic N) is 1. The number of rotatable bonds is 7. The van der Waals surface area contributed by atoms with Crippen LogP contribution in [-0.2, 0) is 16.1 Å². The first-order chi connectivity index (χ1) is 15.6. The zero-order valence-corrected chi connectivity index (χ0v) is 17.9. The molecular formula is C27H25NO4. The van der Waals surface area contributed by atoms with Crippen LogP contribution in [0.25, 0.3) is 5.76 Å². The van der Waals surface area contributed by atoms with E-state index in [1.807, 2.05) is 67.6 Å². The van der Waals surface area contributed by atoms with Gasteiger partial charge < -0.3 is 14.7 Å². The van der Waals surface area contributed by atoms with Gasteiger partial charge in [0.25, 0.3) is 11.7 Å². The number of likely N-dealkylation sites (tertiary alicyclic amines) is 1. The summed E-state index contributed by atoms with van der Waals surface area (Å²) in [7, 11) is 0. The fraction of sp³-hybridized carbons (Fsp3) is 0.185. The number of Topliss-reactive ketones (excluding diaryl/α,β-unsaturated/α-hetero) is 1. The van der Waals surface area contributed by atoms with Crippen molar-refractivity contribution in [1.82, 2.24) is 4.90 Å². The summed E-state index contributed by atoms with van der Waals surface area (Å²) in [5, 5.41) is 11.1. The minimum absolute atomic E-state index is 0.0966. The highest BCUT2D eigenvalue weighted by atomic mass is 16.5. The Morgan fingerprint density at radius 3 is 2.16 bits per heavy atom. The Hall–Kier alpha value is -3.86. The van der Waals surface area contributed by atoms with E-state index in [2.05, 4.69) is 0 Å². The van der Waals surface area contributed by atoms with Crippen molar-refractivity contribution in [1.29, 1.82) is 0 Å². The van der Waals surface area contributed by atoms with Gasteiger partial charge in [-0.05, 0) is 41.8 Å². The average molecular weight is 428 g/mol. The maximum absolute atomic E-state index is 13.1. The molecule has 0 aromatic heterocycles. The second-order valence-corrected chi connectivity index (χ2v) is 7.70. The van der Waals surface area contributed by atoms with E-state index in [-0.39, 0.29) is 17.9 Å². The third kappa shape index (κ3) is 4.28. The minimum atomic E-state index is -0.682. The summed E-state index contributed by atoms with van der Waals surface area (Å²) in [6.45, 7) is 2.90. The molecule has 0 unspecified atom stereocenters. The Labute approximate surface area is 187 Å². The zero-order valence-electron chi connectivity index (χ0n) is 17.9. The molecule has 1 N–H and O–H groups in total. The van der Waals surface area contributed by atoms with Crippen molar-refractivity contribution in [3.8, 4) is 5.75 Å². The van der Waals surface area contributed by atoms with Crippen molar-refractivity contribution in [2.45, 2.75) is 25.9 Å². The molecule has 3 aromatic carbocycles. The lowest BCUT2D eigenvalue weighted by atomic mass is 9.95. The van der Waals surface area contributed by atoms with E-state index < -0.39 is 17.7 Å². The molecule has 1 saturated heterocycles. The van der Waals surface area contributed by atoms with Crippen molar-refractivity contribution in [2.24, 2.45) is 0 Å². The van der Waals surface area contributed by atoms with E-state index in [0.717, 1.165) is 17.5 Å². The SMILES string of the molecule is CCCOc1ccc(C(O)=C2C(=O)C(=O)N(Cc3ccccc3)[C@H]2c2ccccc2)cc1. The number of carbonyl (C=O) groups excluding carboxylic acids is 2. The number of benzene rings is 3. The van der Waals surface area contributed by atoms with Crippen molar-refractivity contribution in [3.05, 3.63) is 107 Å². The molecule has 0 saturated carbocycles. The molecule has 1 aliphatic rings. The standard InChI is InChI=1S/C27H25NO4/c1-2-17-32-22-15-13-21(14-16-22)25(29)23-24(20-11-7-4-8-12-20)28(27(31)26(23)30)18-19-9-5-3-6-10-19/h3-16,24,29H,2,17-18H2,1H3/t24-/m0/s1. The Morgan fingerprint density at radius 1 is 0.906 bits per heavy atom. The first kappa shape index (κ1) is 21.4. The van der Waals surface area contributed by atoms with Crippen molar-refractivity contribution < 1.29 is 19.4 Å². The summed E-state index contributed by atoms with van der Waals surface area (Å²) in [4.78, 5) is 27.6. The first-order valence-electron chi connectivity index (χ1n) is 10.7. The van der Waals surface area contributed by atoms with Gasteiger partial charge in [-0.25, -0.2) is 0 Å². The van der Waals surface area contributed by atoms with E-state index in [1.165, 1.54) is 4.90 Å². The van der Waals surface area contributed by atoms with Crippen LogP contribution >= 0.6 is 0 Å². The molecule has 4 rings (SSSR count). The molecule has 1 amide bonds. The molecule has 5 heteroatoms. The van der Waals surface area contributed by atoms with Crippen LogP contribution in [0.4, 0.5) is 0 Å². The van der Waals surface area contributed by atoms with E-state index in [1.54, 1.807) is 24.3 Å². The molecule has 0 spiro atoms. The fourth-order valence-electron chi connectivity index (χ4n) is 3.89. The highest BCUT2D eigenvalue weighted by Crippen LogP contribution is 2.40. The monoisotopic (exact) mass is 427 g/mol. The molecule has 0 radical (unpaired) electrons. The number of aliphatic hydroxyl groups is 1. The largest absolute Gasteiger partial charge is 0.507 e. The highest BCUT2D eigenvalue weighted by molar-refractivity contribution is 6.46. The number of carbonyl (C=O) groups is 2. The molecule has 3 aromatic rings. The van der Waals surface area contributed by atoms with E-state index in [4.69, 9.17) is 4.74 Å². The van der Waals surface area contributed by atoms with Crippen LogP contribution in [0.5, 0.6) is 5.75 Å². The second-order valence-electron chi connectivity index (χ2n) is 7.70. The lowest BCUT2D eigenvalue weighted by Gasteiger charge is -2.25. The Bertz CT molecular complexity index is 1120. The maximum atomic E-state index is 13.1. The molecule has 1 fully saturated rings. The predicted octanol–water partition coefficient (Wildman–Crippen LogP) is 5.10. The number of hydrogen-bond donors (Lipinski definition) is 1. The quantitative estimate of drug-likeness (QED) is 0.324. The minimum Gasteiger partial charge on any atom is -0.507 e. The fourth-order valence-corrected chi connectivity index (χ4v) is 3.89. The third-order valence-electron chi connectivity index (χ3n) is 5.45. The number of ether oxygens (including phenoxy) is 1. The summed E-state index contributed by atoms with van der Waals surface area (Å²) in [6.07, 6.45) is 0.893. The molecular weight excluding hydrogens is 402 g/mol. The molecule has 1 aliphatic heterocycles. The Morgan fingerprint density at radius 2 is 1.53 bits per heavy atom. The van der Waals surface area contributed by atoms with Crippen LogP contribution in [0.1, 0.15) is 36.1 Å². The van der Waals surface area contributed by atoms with Crippen LogP contribution in [0.3, 0.4) is 0 Å². The molecule has 0 aliphatic carbocycles. The second kappa shape index (κ2) is 9.52. The Kier molecular flexibility index (Phi) is 6.36. The summed E-state index contributed by atoms with van der Waals surface area (Å²) in [5.41, 5.74) is 2.24. The van der Waals surface area contributed by atoms with Crippen molar-refractivity contribution in [3.63, 3.8) is 0 Å². The lowest BCUT2D eigenvalue weighted by Crippen LogP contribution is -2.29. The van der Waals surface area contributed by atoms with E-state index in [0.29, 0.717) is 17.9 Å². The van der Waals surface area contributed by atoms with Gasteiger partial charge in [-0.1, -0.05) is 67.6 Å². The molecule has 5 nitrogen and oxygen atoms in total. The number of ketones is 1. The lowest BCUT2D eigenvalue weighted by molar-refractivity contribution is -0.140. The molecule has 32 heavy (non-hydrogen) atoms. The van der Waals surface area contributed by atoms with E-state index in [9.17, 15) is 14.7 Å². The van der Waals surface area contributed by atoms with Gasteiger partial charge in [0, 0.05) is 12.1 Å². The van der Waals surface area contributed by atoms with E-state index >= 15 is 0 Å². The van der Waals surface area contributed by atoms with Gasteiger partial charge in [0.2, 0.25) is 0 Å². The van der Waals surface area contributed by atoms with Crippen LogP contribution in [-0.4, -0.2) is 28.3 Å². The van der Waals surface area contributed by atoms with Crippen LogP contribution in [0.2, 0.25) is 0 Å². The smallest absolute Gasteiger partial charge is 0.295 e. The van der Waals surface area contributed by atoms with Gasteiger partial charge in [-0.2, -0.15) is 0 Å². The predicted molar refractivity (Wildman–Crippen MR) is 123 cm³/mol. The third-order valence-corrected chi connectivity index (χ3v) is 5.45. The van der Waals surface area contributed by atoms with Crippen LogP contribution < -0.4 is 4.74 Å². The van der Waals surface area contributed by atoms with Crippen LogP contribution in [0.15, 0.2) is 90.5 Å². The summed E-state index contributed by atoms with van der Waals surface area (Å²) in [6, 6.07) is 25.1.